The van der Waals surface area contributed by atoms with E-state index < -0.39 is 11.6 Å². The lowest BCUT2D eigenvalue weighted by Gasteiger charge is -2.11. The summed E-state index contributed by atoms with van der Waals surface area (Å²) in [4.78, 5) is 0. The van der Waals surface area contributed by atoms with Gasteiger partial charge in [0.05, 0.1) is 0 Å². The molecule has 0 unspecified atom stereocenters. The summed E-state index contributed by atoms with van der Waals surface area (Å²) in [5, 5.41) is 3.16. The monoisotopic (exact) mass is 311 g/mol. The van der Waals surface area contributed by atoms with E-state index in [1.165, 1.54) is 12.1 Å². The smallest absolute Gasteiger partial charge is 0.126 e. The van der Waals surface area contributed by atoms with Gasteiger partial charge in [-0.15, -0.1) is 0 Å². The fourth-order valence-electron chi connectivity index (χ4n) is 1.71. The van der Waals surface area contributed by atoms with E-state index in [0.29, 0.717) is 12.1 Å². The number of benzene rings is 2. The van der Waals surface area contributed by atoms with Crippen molar-refractivity contribution >= 4 is 21.6 Å². The predicted octanol–water partition coefficient (Wildman–Crippen LogP) is 4.65. The first-order chi connectivity index (χ1) is 8.56. The Balaban J connectivity index is 2.14. The number of hydrogen-bond acceptors (Lipinski definition) is 1. The molecule has 0 heterocycles. The first kappa shape index (κ1) is 13.0. The van der Waals surface area contributed by atoms with Crippen LogP contribution in [0.5, 0.6) is 0 Å². The Kier molecular flexibility index (Phi) is 3.97. The molecule has 18 heavy (non-hydrogen) atoms. The fraction of sp³-hybridized carbons (Fsp3) is 0.143. The van der Waals surface area contributed by atoms with Gasteiger partial charge in [-0.1, -0.05) is 22.0 Å². The SMILES string of the molecule is Cc1c(Br)cccc1NCc1cc(F)cc(F)c1. The first-order valence-electron chi connectivity index (χ1n) is 5.50. The molecule has 1 nitrogen and oxygen atoms in total. The third kappa shape index (κ3) is 3.07. The van der Waals surface area contributed by atoms with Crippen molar-refractivity contribution in [3.63, 3.8) is 0 Å². The molecule has 0 fully saturated rings. The minimum Gasteiger partial charge on any atom is -0.381 e. The van der Waals surface area contributed by atoms with Crippen molar-refractivity contribution in [2.24, 2.45) is 0 Å². The van der Waals surface area contributed by atoms with Crippen LogP contribution in [0.15, 0.2) is 40.9 Å². The van der Waals surface area contributed by atoms with E-state index in [9.17, 15) is 8.78 Å². The van der Waals surface area contributed by atoms with Gasteiger partial charge in [-0.3, -0.25) is 0 Å². The number of halogens is 3. The van der Waals surface area contributed by atoms with Crippen LogP contribution in [0.25, 0.3) is 0 Å². The molecule has 0 bridgehead atoms. The zero-order chi connectivity index (χ0) is 13.1. The highest BCUT2D eigenvalue weighted by atomic mass is 79.9. The van der Waals surface area contributed by atoms with Gasteiger partial charge in [0.25, 0.3) is 0 Å². The van der Waals surface area contributed by atoms with E-state index >= 15 is 0 Å². The third-order valence-electron chi connectivity index (χ3n) is 2.67. The summed E-state index contributed by atoms with van der Waals surface area (Å²) in [6.07, 6.45) is 0. The zero-order valence-electron chi connectivity index (χ0n) is 9.81. The lowest BCUT2D eigenvalue weighted by atomic mass is 10.1. The molecular formula is C14H12BrF2N. The van der Waals surface area contributed by atoms with Crippen LogP contribution in [0, 0.1) is 18.6 Å². The Bertz CT molecular complexity index is 549. The Morgan fingerprint density at radius 2 is 1.78 bits per heavy atom. The van der Waals surface area contributed by atoms with E-state index in [2.05, 4.69) is 21.2 Å². The molecular weight excluding hydrogens is 300 g/mol. The van der Waals surface area contributed by atoms with Crippen molar-refractivity contribution in [3.05, 3.63) is 63.6 Å². The van der Waals surface area contributed by atoms with Crippen LogP contribution >= 0.6 is 15.9 Å². The highest BCUT2D eigenvalue weighted by Gasteiger charge is 2.03. The Hall–Kier alpha value is -1.42. The van der Waals surface area contributed by atoms with E-state index in [-0.39, 0.29) is 0 Å². The average Bonchev–Trinajstić information content (AvgIpc) is 2.30. The standard InChI is InChI=1S/C14H12BrF2N/c1-9-13(15)3-2-4-14(9)18-8-10-5-11(16)7-12(17)6-10/h2-7,18H,8H2,1H3. The molecule has 0 amide bonds. The van der Waals surface area contributed by atoms with Crippen molar-refractivity contribution in [2.75, 3.05) is 5.32 Å². The Labute approximate surface area is 113 Å². The van der Waals surface area contributed by atoms with E-state index in [4.69, 9.17) is 0 Å². The van der Waals surface area contributed by atoms with Gasteiger partial charge >= 0.3 is 0 Å². The van der Waals surface area contributed by atoms with Crippen LogP contribution < -0.4 is 5.32 Å². The van der Waals surface area contributed by atoms with E-state index in [0.717, 1.165) is 21.8 Å². The summed E-state index contributed by atoms with van der Waals surface area (Å²) in [6, 6.07) is 9.30. The van der Waals surface area contributed by atoms with E-state index in [1.807, 2.05) is 25.1 Å². The first-order valence-corrected chi connectivity index (χ1v) is 6.29. The van der Waals surface area contributed by atoms with Gasteiger partial charge in [0.15, 0.2) is 0 Å². The van der Waals surface area contributed by atoms with Gasteiger partial charge < -0.3 is 5.32 Å². The highest BCUT2D eigenvalue weighted by Crippen LogP contribution is 2.24. The maximum Gasteiger partial charge on any atom is 0.126 e. The van der Waals surface area contributed by atoms with Crippen molar-refractivity contribution in [3.8, 4) is 0 Å². The quantitative estimate of drug-likeness (QED) is 0.870. The second-order valence-corrected chi connectivity index (χ2v) is 4.90. The van der Waals surface area contributed by atoms with Crippen LogP contribution in [-0.2, 0) is 6.54 Å². The molecule has 94 valence electrons. The highest BCUT2D eigenvalue weighted by molar-refractivity contribution is 9.10. The zero-order valence-corrected chi connectivity index (χ0v) is 11.4. The lowest BCUT2D eigenvalue weighted by molar-refractivity contribution is 0.580. The van der Waals surface area contributed by atoms with Crippen molar-refractivity contribution in [2.45, 2.75) is 13.5 Å². The molecule has 0 aliphatic rings. The number of hydrogen-bond donors (Lipinski definition) is 1. The Morgan fingerprint density at radius 3 is 2.44 bits per heavy atom. The molecule has 4 heteroatoms. The predicted molar refractivity (Wildman–Crippen MR) is 72.6 cm³/mol. The second kappa shape index (κ2) is 5.48. The topological polar surface area (TPSA) is 12.0 Å². The molecule has 2 rings (SSSR count). The van der Waals surface area contributed by atoms with Gasteiger partial charge in [0.1, 0.15) is 11.6 Å². The van der Waals surface area contributed by atoms with Gasteiger partial charge in [-0.05, 0) is 42.3 Å². The summed E-state index contributed by atoms with van der Waals surface area (Å²) in [6.45, 7) is 2.35. The van der Waals surface area contributed by atoms with Gasteiger partial charge in [0, 0.05) is 22.8 Å². The number of anilines is 1. The number of nitrogens with one attached hydrogen (secondary N) is 1. The van der Waals surface area contributed by atoms with Crippen molar-refractivity contribution < 1.29 is 8.78 Å². The minimum atomic E-state index is -0.558. The van der Waals surface area contributed by atoms with Gasteiger partial charge in [-0.2, -0.15) is 0 Å². The molecule has 0 saturated heterocycles. The maximum atomic E-state index is 13.0. The Morgan fingerprint density at radius 1 is 1.11 bits per heavy atom. The van der Waals surface area contributed by atoms with Crippen LogP contribution in [0.3, 0.4) is 0 Å². The molecule has 0 spiro atoms. The van der Waals surface area contributed by atoms with Crippen LogP contribution in [-0.4, -0.2) is 0 Å². The van der Waals surface area contributed by atoms with E-state index in [1.54, 1.807) is 0 Å². The lowest BCUT2D eigenvalue weighted by Crippen LogP contribution is -2.02. The summed E-state index contributed by atoms with van der Waals surface area (Å²) >= 11 is 3.44. The van der Waals surface area contributed by atoms with Crippen molar-refractivity contribution in [1.29, 1.82) is 0 Å². The average molecular weight is 312 g/mol. The summed E-state index contributed by atoms with van der Waals surface area (Å²) in [7, 11) is 0. The van der Waals surface area contributed by atoms with Crippen LogP contribution in [0.1, 0.15) is 11.1 Å². The molecule has 0 aliphatic heterocycles. The molecule has 0 atom stereocenters. The number of rotatable bonds is 3. The molecule has 0 saturated carbocycles. The molecule has 0 aliphatic carbocycles. The van der Waals surface area contributed by atoms with Gasteiger partial charge in [0.2, 0.25) is 0 Å². The summed E-state index contributed by atoms with van der Waals surface area (Å²) < 4.78 is 27.0. The summed E-state index contributed by atoms with van der Waals surface area (Å²) in [5.74, 6) is -1.12. The molecule has 2 aromatic carbocycles. The largest absolute Gasteiger partial charge is 0.381 e. The van der Waals surface area contributed by atoms with Gasteiger partial charge in [-0.25, -0.2) is 8.78 Å². The van der Waals surface area contributed by atoms with Crippen LogP contribution in [0.4, 0.5) is 14.5 Å². The molecule has 0 aromatic heterocycles. The second-order valence-electron chi connectivity index (χ2n) is 4.04. The molecule has 1 N–H and O–H groups in total. The van der Waals surface area contributed by atoms with Crippen LogP contribution in [0.2, 0.25) is 0 Å². The maximum absolute atomic E-state index is 13.0. The fourth-order valence-corrected chi connectivity index (χ4v) is 2.08. The third-order valence-corrected chi connectivity index (χ3v) is 3.53. The van der Waals surface area contributed by atoms with Crippen molar-refractivity contribution in [1.82, 2.24) is 0 Å². The normalized spacial score (nSPS) is 10.4. The molecule has 0 radical (unpaired) electrons. The summed E-state index contributed by atoms with van der Waals surface area (Å²) in [5.41, 5.74) is 2.58. The minimum absolute atomic E-state index is 0.381. The molecule has 2 aromatic rings.